The molecule has 0 aliphatic carbocycles. The Hall–Kier alpha value is -2.46. The molecule has 186 valence electrons. The van der Waals surface area contributed by atoms with Gasteiger partial charge in [-0.2, -0.15) is 0 Å². The number of oxazole rings is 1. The lowest BCUT2D eigenvalue weighted by molar-refractivity contribution is 0.0320. The second-order valence-corrected chi connectivity index (χ2v) is 8.96. The normalized spacial score (nSPS) is 17.9. The van der Waals surface area contributed by atoms with Crippen LogP contribution in [0.25, 0.3) is 0 Å². The first-order chi connectivity index (χ1) is 16.6. The molecule has 0 bridgehead atoms. The van der Waals surface area contributed by atoms with E-state index in [4.69, 9.17) is 13.9 Å². The van der Waals surface area contributed by atoms with Crippen LogP contribution in [-0.2, 0) is 17.8 Å². The Morgan fingerprint density at radius 3 is 2.50 bits per heavy atom. The van der Waals surface area contributed by atoms with E-state index in [-0.39, 0.29) is 5.91 Å². The Bertz CT molecular complexity index is 889. The molecule has 2 saturated heterocycles. The van der Waals surface area contributed by atoms with Crippen LogP contribution >= 0.6 is 0 Å². The summed E-state index contributed by atoms with van der Waals surface area (Å²) in [5.74, 6) is 1.41. The number of aromatic nitrogens is 1. The molecule has 2 fully saturated rings. The van der Waals surface area contributed by atoms with Gasteiger partial charge in [0, 0.05) is 58.9 Å². The van der Waals surface area contributed by atoms with Crippen LogP contribution in [0.4, 0.5) is 0 Å². The predicted molar refractivity (Wildman–Crippen MR) is 129 cm³/mol. The molecule has 2 aliphatic rings. The van der Waals surface area contributed by atoms with Crippen LogP contribution in [0, 0.1) is 0 Å². The molecule has 34 heavy (non-hydrogen) atoms. The number of ether oxygens (including phenoxy) is 2. The number of amides is 1. The summed E-state index contributed by atoms with van der Waals surface area (Å²) >= 11 is 0. The van der Waals surface area contributed by atoms with Crippen molar-refractivity contribution < 1.29 is 18.7 Å². The summed E-state index contributed by atoms with van der Waals surface area (Å²) in [5.41, 5.74) is 1.60. The molecule has 3 heterocycles. The van der Waals surface area contributed by atoms with Crippen molar-refractivity contribution in [3.63, 3.8) is 0 Å². The molecule has 0 radical (unpaired) electrons. The van der Waals surface area contributed by atoms with Crippen molar-refractivity contribution in [1.82, 2.24) is 24.6 Å². The van der Waals surface area contributed by atoms with Gasteiger partial charge in [-0.05, 0) is 31.7 Å². The van der Waals surface area contributed by atoms with Gasteiger partial charge in [0.05, 0.1) is 26.4 Å². The topological polar surface area (TPSA) is 74.5 Å². The third-order valence-corrected chi connectivity index (χ3v) is 6.40. The number of carbonyl (C=O) groups excluding carboxylic acids is 1. The third kappa shape index (κ3) is 7.02. The summed E-state index contributed by atoms with van der Waals surface area (Å²) < 4.78 is 16.8. The van der Waals surface area contributed by atoms with Crippen molar-refractivity contribution in [2.45, 2.75) is 20.0 Å². The van der Waals surface area contributed by atoms with Crippen molar-refractivity contribution in [3.8, 4) is 5.75 Å². The van der Waals surface area contributed by atoms with Crippen LogP contribution in [0.5, 0.6) is 5.75 Å². The zero-order valence-electron chi connectivity index (χ0n) is 20.4. The minimum Gasteiger partial charge on any atom is -0.494 e. The second kappa shape index (κ2) is 12.3. The molecule has 0 N–H and O–H groups in total. The van der Waals surface area contributed by atoms with Gasteiger partial charge < -0.3 is 23.7 Å². The van der Waals surface area contributed by atoms with Gasteiger partial charge in [-0.3, -0.25) is 14.6 Å². The van der Waals surface area contributed by atoms with Gasteiger partial charge in [-0.1, -0.05) is 12.1 Å². The minimum atomic E-state index is -0.0468. The van der Waals surface area contributed by atoms with Crippen molar-refractivity contribution in [2.24, 2.45) is 0 Å². The minimum absolute atomic E-state index is 0.0468. The third-order valence-electron chi connectivity index (χ3n) is 6.40. The van der Waals surface area contributed by atoms with Crippen molar-refractivity contribution in [2.75, 3.05) is 79.2 Å². The Labute approximate surface area is 202 Å². The largest absolute Gasteiger partial charge is 0.494 e. The fourth-order valence-electron chi connectivity index (χ4n) is 4.28. The summed E-state index contributed by atoms with van der Waals surface area (Å²) in [4.78, 5) is 26.2. The molecule has 2 aliphatic heterocycles. The lowest BCUT2D eigenvalue weighted by Gasteiger charge is -2.31. The molecule has 2 aromatic rings. The molecule has 1 amide bonds. The average Bonchev–Trinajstić information content (AvgIpc) is 3.33. The zero-order chi connectivity index (χ0) is 23.8. The highest BCUT2D eigenvalue weighted by atomic mass is 16.5. The van der Waals surface area contributed by atoms with Gasteiger partial charge in [0.1, 0.15) is 12.0 Å². The molecule has 1 aromatic heterocycles. The highest BCUT2D eigenvalue weighted by Gasteiger charge is 2.24. The molecule has 9 nitrogen and oxygen atoms in total. The molecule has 4 rings (SSSR count). The van der Waals surface area contributed by atoms with Gasteiger partial charge in [-0.25, -0.2) is 4.98 Å². The molecule has 9 heteroatoms. The van der Waals surface area contributed by atoms with Crippen molar-refractivity contribution >= 4 is 5.91 Å². The highest BCUT2D eigenvalue weighted by molar-refractivity contribution is 5.92. The summed E-state index contributed by atoms with van der Waals surface area (Å²) in [6, 6.07) is 8.23. The Kier molecular flexibility index (Phi) is 8.92. The monoisotopic (exact) mass is 471 g/mol. The van der Waals surface area contributed by atoms with E-state index in [0.29, 0.717) is 24.7 Å². The molecular formula is C25H37N5O4. The molecule has 0 spiro atoms. The lowest BCUT2D eigenvalue weighted by atomic mass is 10.2. The second-order valence-electron chi connectivity index (χ2n) is 8.96. The molecule has 0 saturated carbocycles. The lowest BCUT2D eigenvalue weighted by Crippen LogP contribution is -2.47. The summed E-state index contributed by atoms with van der Waals surface area (Å²) in [5, 5.41) is 0. The Morgan fingerprint density at radius 2 is 1.79 bits per heavy atom. The van der Waals surface area contributed by atoms with Crippen LogP contribution in [0.1, 0.15) is 28.9 Å². The number of likely N-dealkylation sites (N-methyl/N-ethyl adjacent to an activating group) is 1. The van der Waals surface area contributed by atoms with Crippen LogP contribution < -0.4 is 4.74 Å². The van der Waals surface area contributed by atoms with Crippen LogP contribution in [-0.4, -0.2) is 110 Å². The van der Waals surface area contributed by atoms with E-state index < -0.39 is 0 Å². The average molecular weight is 472 g/mol. The number of hydrogen-bond donors (Lipinski definition) is 0. The maximum atomic E-state index is 12.9. The van der Waals surface area contributed by atoms with Crippen LogP contribution in [0.2, 0.25) is 0 Å². The Morgan fingerprint density at radius 1 is 1.06 bits per heavy atom. The van der Waals surface area contributed by atoms with E-state index >= 15 is 0 Å². The van der Waals surface area contributed by atoms with Crippen molar-refractivity contribution in [3.05, 3.63) is 47.7 Å². The summed E-state index contributed by atoms with van der Waals surface area (Å²) in [7, 11) is 2.08. The first kappa shape index (κ1) is 24.7. The fraction of sp³-hybridized carbons (Fsp3) is 0.600. The highest BCUT2D eigenvalue weighted by Crippen LogP contribution is 2.16. The van der Waals surface area contributed by atoms with E-state index in [1.807, 2.05) is 24.0 Å². The van der Waals surface area contributed by atoms with E-state index in [9.17, 15) is 4.79 Å². The number of piperazine rings is 1. The number of hydrogen-bond acceptors (Lipinski definition) is 8. The van der Waals surface area contributed by atoms with E-state index in [1.54, 1.807) is 0 Å². The molecular weight excluding hydrogens is 434 g/mol. The number of nitrogens with zero attached hydrogens (tertiary/aromatic N) is 5. The summed E-state index contributed by atoms with van der Waals surface area (Å²) in [6.07, 6.45) is 1.51. The standard InChI is InChI=1S/C25H37N5O4/c1-3-33-22-6-4-21(5-7-22)18-29(11-10-28-14-16-32-17-15-28)19-24-26-23(20-34-24)25(31)30-12-8-27(2)9-13-30/h4-7,20H,3,8-19H2,1-2H3. The molecule has 0 atom stereocenters. The maximum Gasteiger partial charge on any atom is 0.275 e. The number of benzene rings is 1. The van der Waals surface area contributed by atoms with Crippen molar-refractivity contribution in [1.29, 1.82) is 0 Å². The van der Waals surface area contributed by atoms with Gasteiger partial charge >= 0.3 is 0 Å². The fourth-order valence-corrected chi connectivity index (χ4v) is 4.28. The maximum absolute atomic E-state index is 12.9. The SMILES string of the molecule is CCOc1ccc(CN(CCN2CCOCC2)Cc2nc(C(=O)N3CCN(C)CC3)co2)cc1. The molecule has 1 aromatic carbocycles. The van der Waals surface area contributed by atoms with Gasteiger partial charge in [0.2, 0.25) is 5.89 Å². The number of rotatable bonds is 10. The van der Waals surface area contributed by atoms with Crippen LogP contribution in [0.3, 0.4) is 0 Å². The summed E-state index contributed by atoms with van der Waals surface area (Å²) in [6.45, 7) is 12.5. The van der Waals surface area contributed by atoms with Gasteiger partial charge in [0.25, 0.3) is 5.91 Å². The van der Waals surface area contributed by atoms with Gasteiger partial charge in [-0.15, -0.1) is 0 Å². The van der Waals surface area contributed by atoms with Crippen LogP contribution in [0.15, 0.2) is 34.9 Å². The van der Waals surface area contributed by atoms with E-state index in [2.05, 4.69) is 38.9 Å². The van der Waals surface area contributed by atoms with Gasteiger partial charge in [0.15, 0.2) is 5.69 Å². The first-order valence-corrected chi connectivity index (χ1v) is 12.3. The number of carbonyl (C=O) groups is 1. The quantitative estimate of drug-likeness (QED) is 0.519. The van der Waals surface area contributed by atoms with E-state index in [1.165, 1.54) is 11.8 Å². The molecule has 0 unspecified atom stereocenters. The van der Waals surface area contributed by atoms with E-state index in [0.717, 1.165) is 77.9 Å². The first-order valence-electron chi connectivity index (χ1n) is 12.3. The smallest absolute Gasteiger partial charge is 0.275 e. The zero-order valence-corrected chi connectivity index (χ0v) is 20.4. The predicted octanol–water partition coefficient (Wildman–Crippen LogP) is 1.80. The Balaban J connectivity index is 1.39. The number of morpholine rings is 1.